The van der Waals surface area contributed by atoms with Crippen molar-refractivity contribution in [3.63, 3.8) is 0 Å². The molecule has 1 amide bonds. The van der Waals surface area contributed by atoms with Gasteiger partial charge in [-0.3, -0.25) is 4.79 Å². The van der Waals surface area contributed by atoms with Crippen molar-refractivity contribution < 1.29 is 14.6 Å². The fourth-order valence-electron chi connectivity index (χ4n) is 2.17. The zero-order chi connectivity index (χ0) is 13.0. The smallest absolute Gasteiger partial charge is 0.251 e. The van der Waals surface area contributed by atoms with Crippen LogP contribution >= 0.6 is 0 Å². The molecule has 2 rings (SSSR count). The molecule has 1 aromatic carbocycles. The van der Waals surface area contributed by atoms with Crippen LogP contribution in [-0.4, -0.2) is 30.8 Å². The molecule has 2 N–H and O–H groups in total. The molecule has 4 nitrogen and oxygen atoms in total. The van der Waals surface area contributed by atoms with Crippen LogP contribution in [0.3, 0.4) is 0 Å². The van der Waals surface area contributed by atoms with Gasteiger partial charge in [-0.25, -0.2) is 0 Å². The summed E-state index contributed by atoms with van der Waals surface area (Å²) in [6.07, 6.45) is 2.16. The van der Waals surface area contributed by atoms with E-state index in [1.54, 1.807) is 25.1 Å². The SMILES string of the molecule is Cc1c(O)cccc1C(=O)NCC1CCCOC1. The third-order valence-corrected chi connectivity index (χ3v) is 3.36. The van der Waals surface area contributed by atoms with Crippen LogP contribution in [-0.2, 0) is 4.74 Å². The number of amides is 1. The van der Waals surface area contributed by atoms with E-state index in [0.717, 1.165) is 26.1 Å². The van der Waals surface area contributed by atoms with Gasteiger partial charge in [0.25, 0.3) is 5.91 Å². The van der Waals surface area contributed by atoms with Gasteiger partial charge >= 0.3 is 0 Å². The second-order valence-electron chi connectivity index (χ2n) is 4.74. The van der Waals surface area contributed by atoms with Gasteiger partial charge in [0, 0.05) is 24.3 Å². The van der Waals surface area contributed by atoms with E-state index in [-0.39, 0.29) is 11.7 Å². The normalized spacial score (nSPS) is 19.5. The molecule has 0 bridgehead atoms. The Kier molecular flexibility index (Phi) is 4.20. The predicted molar refractivity (Wildman–Crippen MR) is 68.7 cm³/mol. The number of aromatic hydroxyl groups is 1. The van der Waals surface area contributed by atoms with E-state index in [0.29, 0.717) is 23.6 Å². The molecule has 0 spiro atoms. The molecule has 1 saturated heterocycles. The van der Waals surface area contributed by atoms with Gasteiger partial charge < -0.3 is 15.2 Å². The Balaban J connectivity index is 1.93. The lowest BCUT2D eigenvalue weighted by Crippen LogP contribution is -2.33. The first-order valence-corrected chi connectivity index (χ1v) is 6.33. The Morgan fingerprint density at radius 1 is 1.56 bits per heavy atom. The number of carbonyl (C=O) groups excluding carboxylic acids is 1. The lowest BCUT2D eigenvalue weighted by molar-refractivity contribution is 0.0536. The minimum absolute atomic E-state index is 0.131. The Bertz CT molecular complexity index is 425. The van der Waals surface area contributed by atoms with Gasteiger partial charge in [-0.1, -0.05) is 6.07 Å². The number of hydrogen-bond acceptors (Lipinski definition) is 3. The van der Waals surface area contributed by atoms with Crippen LogP contribution in [0, 0.1) is 12.8 Å². The molecule has 18 heavy (non-hydrogen) atoms. The summed E-state index contributed by atoms with van der Waals surface area (Å²) in [5, 5.41) is 12.5. The molecule has 0 aliphatic carbocycles. The molecule has 1 atom stereocenters. The highest BCUT2D eigenvalue weighted by atomic mass is 16.5. The van der Waals surface area contributed by atoms with E-state index in [4.69, 9.17) is 4.74 Å². The number of phenols is 1. The standard InChI is InChI=1S/C14H19NO3/c1-10-12(5-2-6-13(10)16)14(17)15-8-11-4-3-7-18-9-11/h2,5-6,11,16H,3-4,7-9H2,1H3,(H,15,17). The van der Waals surface area contributed by atoms with Crippen molar-refractivity contribution in [1.29, 1.82) is 0 Å². The Hall–Kier alpha value is -1.55. The maximum absolute atomic E-state index is 12.0. The van der Waals surface area contributed by atoms with Gasteiger partial charge in [0.05, 0.1) is 6.61 Å². The fraction of sp³-hybridized carbons (Fsp3) is 0.500. The third kappa shape index (κ3) is 3.01. The summed E-state index contributed by atoms with van der Waals surface area (Å²) < 4.78 is 5.37. The predicted octanol–water partition coefficient (Wildman–Crippen LogP) is 1.86. The minimum Gasteiger partial charge on any atom is -0.508 e. The Morgan fingerprint density at radius 3 is 3.11 bits per heavy atom. The fourth-order valence-corrected chi connectivity index (χ4v) is 2.17. The van der Waals surface area contributed by atoms with Crippen LogP contribution < -0.4 is 5.32 Å². The summed E-state index contributed by atoms with van der Waals surface area (Å²) in [7, 11) is 0. The summed E-state index contributed by atoms with van der Waals surface area (Å²) >= 11 is 0. The van der Waals surface area contributed by atoms with Crippen molar-refractivity contribution in [1.82, 2.24) is 5.32 Å². The molecule has 98 valence electrons. The summed E-state index contributed by atoms with van der Waals surface area (Å²) in [5.74, 6) is 0.429. The summed E-state index contributed by atoms with van der Waals surface area (Å²) in [4.78, 5) is 12.0. The van der Waals surface area contributed by atoms with Crippen molar-refractivity contribution in [2.45, 2.75) is 19.8 Å². The lowest BCUT2D eigenvalue weighted by Gasteiger charge is -2.22. The summed E-state index contributed by atoms with van der Waals surface area (Å²) in [5.41, 5.74) is 1.15. The van der Waals surface area contributed by atoms with E-state index in [2.05, 4.69) is 5.32 Å². The minimum atomic E-state index is -0.131. The molecule has 1 heterocycles. The highest BCUT2D eigenvalue weighted by Gasteiger charge is 2.16. The van der Waals surface area contributed by atoms with Gasteiger partial charge in [0.1, 0.15) is 5.75 Å². The first kappa shape index (κ1) is 12.9. The average Bonchev–Trinajstić information content (AvgIpc) is 2.40. The Labute approximate surface area is 107 Å². The number of ether oxygens (including phenoxy) is 1. The van der Waals surface area contributed by atoms with Gasteiger partial charge in [0.15, 0.2) is 0 Å². The number of hydrogen-bond donors (Lipinski definition) is 2. The second-order valence-corrected chi connectivity index (χ2v) is 4.74. The number of benzene rings is 1. The highest BCUT2D eigenvalue weighted by Crippen LogP contribution is 2.19. The zero-order valence-electron chi connectivity index (χ0n) is 10.6. The molecule has 0 saturated carbocycles. The molecular formula is C14H19NO3. The van der Waals surface area contributed by atoms with Gasteiger partial charge in [-0.15, -0.1) is 0 Å². The summed E-state index contributed by atoms with van der Waals surface area (Å²) in [6.45, 7) is 3.93. The van der Waals surface area contributed by atoms with Crippen LogP contribution in [0.2, 0.25) is 0 Å². The van der Waals surface area contributed by atoms with Crippen LogP contribution in [0.1, 0.15) is 28.8 Å². The number of nitrogens with one attached hydrogen (secondary N) is 1. The molecule has 1 aliphatic rings. The first-order valence-electron chi connectivity index (χ1n) is 6.33. The molecule has 4 heteroatoms. The maximum Gasteiger partial charge on any atom is 0.251 e. The Morgan fingerprint density at radius 2 is 2.39 bits per heavy atom. The average molecular weight is 249 g/mol. The number of phenolic OH excluding ortho intramolecular Hbond substituents is 1. The molecule has 1 unspecified atom stereocenters. The number of rotatable bonds is 3. The van der Waals surface area contributed by atoms with Crippen molar-refractivity contribution in [2.24, 2.45) is 5.92 Å². The van der Waals surface area contributed by atoms with Crippen molar-refractivity contribution in [3.05, 3.63) is 29.3 Å². The molecule has 0 aromatic heterocycles. The first-order chi connectivity index (χ1) is 8.68. The van der Waals surface area contributed by atoms with Gasteiger partial charge in [-0.2, -0.15) is 0 Å². The number of carbonyl (C=O) groups is 1. The second kappa shape index (κ2) is 5.87. The maximum atomic E-state index is 12.0. The van der Waals surface area contributed by atoms with Crippen molar-refractivity contribution in [2.75, 3.05) is 19.8 Å². The molecule has 1 fully saturated rings. The monoisotopic (exact) mass is 249 g/mol. The molecular weight excluding hydrogens is 230 g/mol. The van der Waals surface area contributed by atoms with Gasteiger partial charge in [0.2, 0.25) is 0 Å². The van der Waals surface area contributed by atoms with Crippen molar-refractivity contribution in [3.8, 4) is 5.75 Å². The molecule has 1 aromatic rings. The zero-order valence-corrected chi connectivity index (χ0v) is 10.6. The van der Waals surface area contributed by atoms with Gasteiger partial charge in [-0.05, 0) is 37.8 Å². The molecule has 1 aliphatic heterocycles. The van der Waals surface area contributed by atoms with E-state index in [1.807, 2.05) is 0 Å². The summed E-state index contributed by atoms with van der Waals surface area (Å²) in [6, 6.07) is 4.99. The van der Waals surface area contributed by atoms with E-state index >= 15 is 0 Å². The van der Waals surface area contributed by atoms with E-state index < -0.39 is 0 Å². The lowest BCUT2D eigenvalue weighted by atomic mass is 10.0. The van der Waals surface area contributed by atoms with Crippen LogP contribution in [0.15, 0.2) is 18.2 Å². The highest BCUT2D eigenvalue weighted by molar-refractivity contribution is 5.96. The van der Waals surface area contributed by atoms with Crippen LogP contribution in [0.5, 0.6) is 5.75 Å². The molecule has 0 radical (unpaired) electrons. The van der Waals surface area contributed by atoms with Crippen LogP contribution in [0.25, 0.3) is 0 Å². The third-order valence-electron chi connectivity index (χ3n) is 3.36. The quantitative estimate of drug-likeness (QED) is 0.859. The largest absolute Gasteiger partial charge is 0.508 e. The topological polar surface area (TPSA) is 58.6 Å². The van der Waals surface area contributed by atoms with E-state index in [9.17, 15) is 9.90 Å². The van der Waals surface area contributed by atoms with Crippen molar-refractivity contribution >= 4 is 5.91 Å². The van der Waals surface area contributed by atoms with Crippen LogP contribution in [0.4, 0.5) is 0 Å². The van der Waals surface area contributed by atoms with E-state index in [1.165, 1.54) is 0 Å².